The lowest BCUT2D eigenvalue weighted by atomic mass is 10.1. The minimum absolute atomic E-state index is 0.0633. The first kappa shape index (κ1) is 12.0. The number of hydrogen-bond acceptors (Lipinski definition) is 4. The van der Waals surface area contributed by atoms with Crippen molar-refractivity contribution in [1.29, 1.82) is 5.26 Å². The Morgan fingerprint density at radius 2 is 2.11 bits per heavy atom. The van der Waals surface area contributed by atoms with E-state index in [-0.39, 0.29) is 18.2 Å². The van der Waals surface area contributed by atoms with E-state index in [2.05, 4.69) is 11.0 Å². The summed E-state index contributed by atoms with van der Waals surface area (Å²) < 4.78 is 5.18. The predicted octanol–water partition coefficient (Wildman–Crippen LogP) is 1.81. The maximum absolute atomic E-state index is 11.9. The molecule has 0 radical (unpaired) electrons. The molecule has 2 fully saturated rings. The fourth-order valence-corrected chi connectivity index (χ4v) is 2.71. The highest BCUT2D eigenvalue weighted by Gasteiger charge is 2.40. The molecule has 2 atom stereocenters. The monoisotopic (exact) mass is 257 g/mol. The molecule has 1 aromatic rings. The van der Waals surface area contributed by atoms with Gasteiger partial charge in [-0.1, -0.05) is 18.2 Å². The van der Waals surface area contributed by atoms with E-state index in [1.807, 2.05) is 30.3 Å². The number of nitriles is 1. The molecule has 2 aliphatic heterocycles. The SMILES string of the molecule is N#CC1CCN(C2COC(=O)N2c2ccccc2)C1. The van der Waals surface area contributed by atoms with Gasteiger partial charge in [0.25, 0.3) is 0 Å². The molecule has 1 amide bonds. The summed E-state index contributed by atoms with van der Waals surface area (Å²) in [6.07, 6.45) is 0.467. The molecule has 0 spiro atoms. The van der Waals surface area contributed by atoms with Gasteiger partial charge in [-0.05, 0) is 18.6 Å². The summed E-state index contributed by atoms with van der Waals surface area (Å²) in [5.41, 5.74) is 0.843. The topological polar surface area (TPSA) is 56.6 Å². The normalized spacial score (nSPS) is 27.3. The molecule has 5 heteroatoms. The van der Waals surface area contributed by atoms with Crippen LogP contribution in [0.1, 0.15) is 6.42 Å². The van der Waals surface area contributed by atoms with Gasteiger partial charge in [0.1, 0.15) is 12.8 Å². The number of anilines is 1. The van der Waals surface area contributed by atoms with Crippen LogP contribution in [0, 0.1) is 17.2 Å². The quantitative estimate of drug-likeness (QED) is 0.811. The minimum Gasteiger partial charge on any atom is -0.445 e. The summed E-state index contributed by atoms with van der Waals surface area (Å²) in [7, 11) is 0. The second-order valence-corrected chi connectivity index (χ2v) is 4.87. The van der Waals surface area contributed by atoms with E-state index < -0.39 is 0 Å². The van der Waals surface area contributed by atoms with E-state index in [9.17, 15) is 4.79 Å². The Bertz CT molecular complexity index is 511. The minimum atomic E-state index is -0.309. The van der Waals surface area contributed by atoms with E-state index in [1.54, 1.807) is 4.90 Å². The van der Waals surface area contributed by atoms with Crippen LogP contribution in [0.4, 0.5) is 10.5 Å². The average Bonchev–Trinajstić information content (AvgIpc) is 3.05. The van der Waals surface area contributed by atoms with Crippen LogP contribution in [-0.2, 0) is 4.74 Å². The van der Waals surface area contributed by atoms with Gasteiger partial charge in [-0.3, -0.25) is 9.80 Å². The van der Waals surface area contributed by atoms with E-state index >= 15 is 0 Å². The summed E-state index contributed by atoms with van der Waals surface area (Å²) in [5.74, 6) is 0.0633. The molecular formula is C14H15N3O2. The molecule has 0 bridgehead atoms. The summed E-state index contributed by atoms with van der Waals surface area (Å²) in [5, 5.41) is 8.97. The summed E-state index contributed by atoms with van der Waals surface area (Å²) in [4.78, 5) is 15.7. The van der Waals surface area contributed by atoms with Crippen LogP contribution >= 0.6 is 0 Å². The van der Waals surface area contributed by atoms with E-state index in [1.165, 1.54) is 0 Å². The van der Waals surface area contributed by atoms with Gasteiger partial charge in [0.05, 0.1) is 12.0 Å². The van der Waals surface area contributed by atoms with Crippen molar-refractivity contribution in [3.8, 4) is 6.07 Å². The summed E-state index contributed by atoms with van der Waals surface area (Å²) >= 11 is 0. The molecule has 3 rings (SSSR count). The number of carbonyl (C=O) groups is 1. The highest BCUT2D eigenvalue weighted by atomic mass is 16.6. The van der Waals surface area contributed by atoms with Crippen LogP contribution in [0.15, 0.2) is 30.3 Å². The van der Waals surface area contributed by atoms with Crippen LogP contribution in [0.5, 0.6) is 0 Å². The zero-order chi connectivity index (χ0) is 13.2. The standard InChI is InChI=1S/C14H15N3O2/c15-8-11-6-7-16(9-11)13-10-19-14(18)17(13)12-4-2-1-3-5-12/h1-5,11,13H,6-7,9-10H2. The molecule has 0 N–H and O–H groups in total. The van der Waals surface area contributed by atoms with Crippen molar-refractivity contribution >= 4 is 11.8 Å². The van der Waals surface area contributed by atoms with Crippen LogP contribution in [0.2, 0.25) is 0 Å². The lowest BCUT2D eigenvalue weighted by molar-refractivity contribution is 0.162. The Kier molecular flexibility index (Phi) is 3.10. The number of rotatable bonds is 2. The molecule has 98 valence electrons. The first-order chi connectivity index (χ1) is 9.29. The zero-order valence-electron chi connectivity index (χ0n) is 10.5. The molecule has 0 aromatic heterocycles. The van der Waals surface area contributed by atoms with Gasteiger partial charge in [-0.2, -0.15) is 5.26 Å². The summed E-state index contributed by atoms with van der Waals surface area (Å²) in [6.45, 7) is 1.91. The fraction of sp³-hybridized carbons (Fsp3) is 0.429. The first-order valence-electron chi connectivity index (χ1n) is 6.44. The largest absolute Gasteiger partial charge is 0.445 e. The molecule has 1 aromatic carbocycles. The van der Waals surface area contributed by atoms with Crippen molar-refractivity contribution in [2.45, 2.75) is 12.6 Å². The van der Waals surface area contributed by atoms with Gasteiger partial charge < -0.3 is 4.74 Å². The molecule has 19 heavy (non-hydrogen) atoms. The zero-order valence-corrected chi connectivity index (χ0v) is 10.5. The Labute approximate surface area is 112 Å². The van der Waals surface area contributed by atoms with Crippen LogP contribution in [0.3, 0.4) is 0 Å². The van der Waals surface area contributed by atoms with E-state index in [0.717, 1.165) is 18.7 Å². The highest BCUT2D eigenvalue weighted by molar-refractivity contribution is 5.90. The van der Waals surface area contributed by atoms with E-state index in [0.29, 0.717) is 13.2 Å². The van der Waals surface area contributed by atoms with Gasteiger partial charge in [-0.25, -0.2) is 4.79 Å². The smallest absolute Gasteiger partial charge is 0.415 e. The van der Waals surface area contributed by atoms with E-state index in [4.69, 9.17) is 10.00 Å². The molecule has 0 saturated carbocycles. The third-order valence-electron chi connectivity index (χ3n) is 3.71. The lowest BCUT2D eigenvalue weighted by Crippen LogP contribution is -2.46. The average molecular weight is 257 g/mol. The molecule has 2 saturated heterocycles. The number of benzene rings is 1. The number of cyclic esters (lactones) is 1. The summed E-state index contributed by atoms with van der Waals surface area (Å²) in [6, 6.07) is 11.8. The van der Waals surface area contributed by atoms with Gasteiger partial charge in [0.2, 0.25) is 0 Å². The number of likely N-dealkylation sites (tertiary alicyclic amines) is 1. The van der Waals surface area contributed by atoms with Crippen molar-refractivity contribution in [1.82, 2.24) is 4.90 Å². The first-order valence-corrected chi connectivity index (χ1v) is 6.44. The molecule has 2 unspecified atom stereocenters. The van der Waals surface area contributed by atoms with Crippen LogP contribution < -0.4 is 4.90 Å². The number of hydrogen-bond donors (Lipinski definition) is 0. The highest BCUT2D eigenvalue weighted by Crippen LogP contribution is 2.28. The van der Waals surface area contributed by atoms with Crippen LogP contribution in [0.25, 0.3) is 0 Å². The molecule has 2 heterocycles. The fourth-order valence-electron chi connectivity index (χ4n) is 2.71. The second-order valence-electron chi connectivity index (χ2n) is 4.87. The number of para-hydroxylation sites is 1. The van der Waals surface area contributed by atoms with Crippen LogP contribution in [-0.4, -0.2) is 36.9 Å². The van der Waals surface area contributed by atoms with Crippen molar-refractivity contribution in [2.24, 2.45) is 5.92 Å². The molecular weight excluding hydrogens is 242 g/mol. The number of ether oxygens (including phenoxy) is 1. The van der Waals surface area contributed by atoms with Gasteiger partial charge in [0, 0.05) is 18.8 Å². The third-order valence-corrected chi connectivity index (χ3v) is 3.71. The number of carbonyl (C=O) groups excluding carboxylic acids is 1. The lowest BCUT2D eigenvalue weighted by Gasteiger charge is -2.29. The van der Waals surface area contributed by atoms with Gasteiger partial charge in [0.15, 0.2) is 0 Å². The maximum atomic E-state index is 11.9. The maximum Gasteiger partial charge on any atom is 0.415 e. The van der Waals surface area contributed by atoms with Gasteiger partial charge in [-0.15, -0.1) is 0 Å². The predicted molar refractivity (Wildman–Crippen MR) is 69.4 cm³/mol. The van der Waals surface area contributed by atoms with Crippen molar-refractivity contribution in [3.63, 3.8) is 0 Å². The molecule has 5 nitrogen and oxygen atoms in total. The number of nitrogens with zero attached hydrogens (tertiary/aromatic N) is 3. The van der Waals surface area contributed by atoms with Crippen molar-refractivity contribution < 1.29 is 9.53 Å². The second kappa shape index (κ2) is 4.90. The van der Waals surface area contributed by atoms with Crippen molar-refractivity contribution in [2.75, 3.05) is 24.6 Å². The Morgan fingerprint density at radius 1 is 1.32 bits per heavy atom. The Morgan fingerprint density at radius 3 is 2.79 bits per heavy atom. The molecule has 0 aliphatic carbocycles. The van der Waals surface area contributed by atoms with Gasteiger partial charge >= 0.3 is 6.09 Å². The third kappa shape index (κ3) is 2.15. The number of amides is 1. The Hall–Kier alpha value is -2.06. The Balaban J connectivity index is 1.82. The molecule has 2 aliphatic rings. The van der Waals surface area contributed by atoms with Crippen molar-refractivity contribution in [3.05, 3.63) is 30.3 Å².